The van der Waals surface area contributed by atoms with Crippen molar-refractivity contribution in [2.45, 2.75) is 77.6 Å². The van der Waals surface area contributed by atoms with Gasteiger partial charge in [-0.05, 0) is 78.6 Å². The lowest BCUT2D eigenvalue weighted by Crippen LogP contribution is -2.58. The number of hydrogen-bond acceptors (Lipinski definition) is 10. The molecule has 2 saturated heterocycles. The lowest BCUT2D eigenvalue weighted by molar-refractivity contribution is -0.144. The Hall–Kier alpha value is -5.50. The van der Waals surface area contributed by atoms with E-state index >= 15 is 0 Å². The zero-order valence-electron chi connectivity index (χ0n) is 33.6. The number of para-hydroxylation sites is 1. The van der Waals surface area contributed by atoms with Crippen molar-refractivity contribution in [1.82, 2.24) is 35.6 Å². The van der Waals surface area contributed by atoms with Crippen LogP contribution in [0.5, 0.6) is 5.75 Å². The van der Waals surface area contributed by atoms with Crippen molar-refractivity contribution in [3.63, 3.8) is 0 Å². The van der Waals surface area contributed by atoms with Gasteiger partial charge in [-0.25, -0.2) is 4.98 Å². The normalized spacial score (nSPS) is 19.5. The van der Waals surface area contributed by atoms with Gasteiger partial charge in [0.1, 0.15) is 17.8 Å². The van der Waals surface area contributed by atoms with Gasteiger partial charge in [-0.15, -0.1) is 11.3 Å². The number of aryl methyl sites for hydroxylation is 1. The van der Waals surface area contributed by atoms with Gasteiger partial charge in [0.2, 0.25) is 17.7 Å². The van der Waals surface area contributed by atoms with Crippen LogP contribution < -0.4 is 10.6 Å². The summed E-state index contributed by atoms with van der Waals surface area (Å²) in [5.41, 5.74) is 8.37. The molecule has 1 unspecified atom stereocenters. The van der Waals surface area contributed by atoms with E-state index < -0.39 is 23.6 Å². The van der Waals surface area contributed by atoms with Crippen molar-refractivity contribution in [2.75, 3.05) is 26.2 Å². The Balaban J connectivity index is 0.947. The summed E-state index contributed by atoms with van der Waals surface area (Å²) >= 11 is 1.58. The third kappa shape index (κ3) is 9.12. The first kappa shape index (κ1) is 40.7. The van der Waals surface area contributed by atoms with Crippen LogP contribution >= 0.6 is 11.3 Å². The summed E-state index contributed by atoms with van der Waals surface area (Å²) in [6, 6.07) is 23.2. The summed E-state index contributed by atoms with van der Waals surface area (Å²) in [4.78, 5) is 50.5. The maximum atomic E-state index is 14.2. The molecule has 4 N–H and O–H groups in total. The van der Waals surface area contributed by atoms with Crippen LogP contribution in [0.3, 0.4) is 0 Å². The van der Waals surface area contributed by atoms with Crippen LogP contribution in [0.15, 0.2) is 90.6 Å². The van der Waals surface area contributed by atoms with Crippen LogP contribution in [0.25, 0.3) is 32.8 Å². The van der Waals surface area contributed by atoms with E-state index in [1.165, 1.54) is 10.5 Å². The number of phenols is 1. The van der Waals surface area contributed by atoms with Crippen molar-refractivity contribution < 1.29 is 24.6 Å². The molecule has 0 spiro atoms. The molecule has 302 valence electrons. The number of nitrogens with one attached hydrogen (secondary N) is 2. The molecule has 12 nitrogen and oxygen atoms in total. The number of aromatic nitrogens is 3. The minimum Gasteiger partial charge on any atom is -0.507 e. The maximum Gasteiger partial charge on any atom is 0.246 e. The lowest BCUT2D eigenvalue weighted by atomic mass is 9.85. The second-order valence-corrected chi connectivity index (χ2v) is 17.4. The number of carbonyl (C=O) groups is 3. The Morgan fingerprint density at radius 3 is 2.36 bits per heavy atom. The Kier molecular flexibility index (Phi) is 12.0. The molecule has 2 aromatic heterocycles. The molecular weight excluding hydrogens is 751 g/mol. The second kappa shape index (κ2) is 17.2. The van der Waals surface area contributed by atoms with Gasteiger partial charge in [0, 0.05) is 30.6 Å². The summed E-state index contributed by atoms with van der Waals surface area (Å²) in [5.74, 6) is -0.602. The summed E-state index contributed by atoms with van der Waals surface area (Å²) in [7, 11) is 0. The molecule has 13 heteroatoms. The molecular formula is C45H51N7O5S. The predicted molar refractivity (Wildman–Crippen MR) is 225 cm³/mol. The number of thiazole rings is 1. The maximum absolute atomic E-state index is 14.2. The zero-order valence-corrected chi connectivity index (χ0v) is 34.4. The average Bonchev–Trinajstić information content (AvgIpc) is 3.96. The Bertz CT molecular complexity index is 2250. The molecule has 7 rings (SSSR count). The van der Waals surface area contributed by atoms with Crippen LogP contribution in [0.4, 0.5) is 0 Å². The van der Waals surface area contributed by atoms with Crippen LogP contribution in [0.1, 0.15) is 69.3 Å². The number of β-amino-alcohol motifs (C(OH)–C–C–N with tert-alkyl or cyclic N) is 1. The quantitative estimate of drug-likeness (QED) is 0.124. The Morgan fingerprint density at radius 2 is 1.67 bits per heavy atom. The zero-order chi connectivity index (χ0) is 41.1. The van der Waals surface area contributed by atoms with Crippen LogP contribution in [0.2, 0.25) is 0 Å². The largest absolute Gasteiger partial charge is 0.507 e. The molecule has 4 heterocycles. The van der Waals surface area contributed by atoms with E-state index in [-0.39, 0.29) is 54.9 Å². The number of rotatable bonds is 11. The highest BCUT2D eigenvalue weighted by Gasteiger charge is 2.45. The number of nitrogens with zero attached hydrogens (tertiary/aromatic N) is 5. The highest BCUT2D eigenvalue weighted by Crippen LogP contribution is 2.33. The molecule has 58 heavy (non-hydrogen) atoms. The number of likely N-dealkylation sites (tertiary alicyclic amines) is 2. The number of aliphatic hydroxyl groups is 1. The molecule has 2 aliphatic heterocycles. The van der Waals surface area contributed by atoms with E-state index in [1.807, 2.05) is 82.6 Å². The number of aliphatic hydroxyl groups excluding tert-OH is 1. The first-order valence-electron chi connectivity index (χ1n) is 19.8. The topological polar surface area (TPSA) is 161 Å². The van der Waals surface area contributed by atoms with Gasteiger partial charge >= 0.3 is 0 Å². The minimum atomic E-state index is -0.902. The first-order chi connectivity index (χ1) is 27.7. The number of benzene rings is 3. The Morgan fingerprint density at radius 1 is 0.948 bits per heavy atom. The van der Waals surface area contributed by atoms with Crippen molar-refractivity contribution in [1.29, 1.82) is 0 Å². The first-order valence-corrected chi connectivity index (χ1v) is 20.7. The van der Waals surface area contributed by atoms with Gasteiger partial charge in [-0.1, -0.05) is 81.4 Å². The number of carbonyl (C=O) groups excluding carboxylic acids is 3. The van der Waals surface area contributed by atoms with E-state index in [2.05, 4.69) is 55.0 Å². The van der Waals surface area contributed by atoms with E-state index in [1.54, 1.807) is 29.7 Å². The minimum absolute atomic E-state index is 0.0126. The fourth-order valence-corrected chi connectivity index (χ4v) is 8.78. The second-order valence-electron chi connectivity index (χ2n) is 16.6. The molecule has 2 aliphatic rings. The Labute approximate surface area is 343 Å². The fraction of sp³-hybridized carbons (Fsp3) is 0.378. The van der Waals surface area contributed by atoms with E-state index in [0.29, 0.717) is 17.8 Å². The number of aromatic hydroxyl groups is 1. The van der Waals surface area contributed by atoms with Gasteiger partial charge in [0.05, 0.1) is 46.7 Å². The molecule has 0 radical (unpaired) electrons. The summed E-state index contributed by atoms with van der Waals surface area (Å²) in [6.07, 6.45) is 1.86. The van der Waals surface area contributed by atoms with Crippen molar-refractivity contribution in [2.24, 2.45) is 5.41 Å². The fourth-order valence-electron chi connectivity index (χ4n) is 7.97. The highest BCUT2D eigenvalue weighted by molar-refractivity contribution is 7.13. The molecule has 3 amide bonds. The molecule has 5 aromatic rings. The summed E-state index contributed by atoms with van der Waals surface area (Å²) < 4.78 is 0. The van der Waals surface area contributed by atoms with Crippen LogP contribution in [-0.4, -0.2) is 97.3 Å². The van der Waals surface area contributed by atoms with Crippen molar-refractivity contribution >= 4 is 29.1 Å². The van der Waals surface area contributed by atoms with Gasteiger partial charge in [-0.3, -0.25) is 19.3 Å². The lowest BCUT2D eigenvalue weighted by Gasteiger charge is -2.36. The summed E-state index contributed by atoms with van der Waals surface area (Å²) in [5, 5.41) is 35.4. The van der Waals surface area contributed by atoms with Crippen molar-refractivity contribution in [3.05, 3.63) is 107 Å². The van der Waals surface area contributed by atoms with Gasteiger partial charge in [0.25, 0.3) is 0 Å². The average molecular weight is 802 g/mol. The SMILES string of the molecule is Cc1ncsc1-c1ccc([C@H](C)NC(=O)[C@@H]2C[C@@H](O)CN2C(=O)[C@@H](NC(=O)CN2CCC(c3ccc(-c4cnnc(-c5ccccc5O)c4)cc3)C2)C(C)(C)C)cc1. The summed E-state index contributed by atoms with van der Waals surface area (Å²) in [6.45, 7) is 11.1. The van der Waals surface area contributed by atoms with Gasteiger partial charge < -0.3 is 25.7 Å². The smallest absolute Gasteiger partial charge is 0.246 e. The van der Waals surface area contributed by atoms with Crippen molar-refractivity contribution in [3.8, 4) is 38.6 Å². The van der Waals surface area contributed by atoms with E-state index in [4.69, 9.17) is 0 Å². The molecule has 0 saturated carbocycles. The molecule has 2 fully saturated rings. The van der Waals surface area contributed by atoms with E-state index in [9.17, 15) is 24.6 Å². The van der Waals surface area contributed by atoms with E-state index in [0.717, 1.165) is 45.8 Å². The molecule has 5 atom stereocenters. The van der Waals surface area contributed by atoms with Gasteiger partial charge in [-0.2, -0.15) is 10.2 Å². The number of amides is 3. The predicted octanol–water partition coefficient (Wildman–Crippen LogP) is 6.11. The molecule has 0 bridgehead atoms. The third-order valence-electron chi connectivity index (χ3n) is 11.2. The highest BCUT2D eigenvalue weighted by atomic mass is 32.1. The van der Waals surface area contributed by atoms with Gasteiger partial charge in [0.15, 0.2) is 0 Å². The molecule has 0 aliphatic carbocycles. The molecule has 3 aromatic carbocycles. The number of phenolic OH excluding ortho intramolecular Hbond substituents is 1. The standard InChI is InChI=1S/C45H51N7O5S/c1-27(29-10-16-32(17-11-29)41-28(2)46-26-58-41)48-43(56)38-21-35(53)24-52(38)44(57)42(45(3,4)5)49-40(55)25-51-19-18-33(23-51)30-12-14-31(15-13-30)34-20-37(50-47-22-34)36-8-6-7-9-39(36)54/h6-17,20,22,26-27,33,35,38,42,53-54H,18-19,21,23-25H2,1-5H3,(H,48,56)(H,49,55)/t27-,33?,35+,38-,42+/m0/s1. The van der Waals surface area contributed by atoms with Crippen LogP contribution in [0, 0.1) is 12.3 Å². The third-order valence-corrected chi connectivity index (χ3v) is 12.2. The monoisotopic (exact) mass is 801 g/mol. The number of hydrogen-bond donors (Lipinski definition) is 4. The van der Waals surface area contributed by atoms with Crippen LogP contribution in [-0.2, 0) is 14.4 Å².